The minimum Gasteiger partial charge on any atom is -0.508 e. The van der Waals surface area contributed by atoms with E-state index in [0.717, 1.165) is 18.5 Å². The number of hydrogen-bond donors (Lipinski definition) is 2. The first-order valence-corrected chi connectivity index (χ1v) is 7.80. The maximum Gasteiger partial charge on any atom is 0.179 e. The Bertz CT molecular complexity index is 716. The van der Waals surface area contributed by atoms with Gasteiger partial charge < -0.3 is 10.8 Å². The summed E-state index contributed by atoms with van der Waals surface area (Å²) in [7, 11) is 2.13. The highest BCUT2D eigenvalue weighted by Gasteiger charge is 2.23. The number of phenolic OH excluding ortho intramolecular Hbond substituents is 1. The molecule has 6 heteroatoms. The van der Waals surface area contributed by atoms with Gasteiger partial charge in [0.15, 0.2) is 5.82 Å². The molecule has 6 nitrogen and oxygen atoms in total. The molecule has 1 aliphatic heterocycles. The maximum atomic E-state index is 9.40. The van der Waals surface area contributed by atoms with E-state index in [0.29, 0.717) is 23.2 Å². The summed E-state index contributed by atoms with van der Waals surface area (Å²) in [4.78, 5) is 6.72. The molecule has 120 valence electrons. The molecule has 0 spiro atoms. The van der Waals surface area contributed by atoms with Gasteiger partial charge in [-0.2, -0.15) is 0 Å². The van der Waals surface area contributed by atoms with E-state index < -0.39 is 0 Å². The van der Waals surface area contributed by atoms with E-state index in [1.54, 1.807) is 18.3 Å². The minimum absolute atomic E-state index is 0.115. The Balaban J connectivity index is 1.89. The summed E-state index contributed by atoms with van der Waals surface area (Å²) in [6, 6.07) is 8.97. The highest BCUT2D eigenvalue weighted by atomic mass is 16.3. The molecule has 0 saturated carbocycles. The van der Waals surface area contributed by atoms with Crippen molar-refractivity contribution in [1.82, 2.24) is 9.88 Å². The fourth-order valence-corrected chi connectivity index (χ4v) is 2.96. The van der Waals surface area contributed by atoms with Gasteiger partial charge in [0.05, 0.1) is 5.69 Å². The zero-order chi connectivity index (χ0) is 16.2. The van der Waals surface area contributed by atoms with Crippen molar-refractivity contribution in [2.24, 2.45) is 10.2 Å². The van der Waals surface area contributed by atoms with E-state index in [2.05, 4.69) is 33.2 Å². The smallest absolute Gasteiger partial charge is 0.179 e. The highest BCUT2D eigenvalue weighted by Crippen LogP contribution is 2.35. The Morgan fingerprint density at radius 3 is 2.91 bits per heavy atom. The molecule has 1 aromatic heterocycles. The molecule has 0 radical (unpaired) electrons. The van der Waals surface area contributed by atoms with E-state index >= 15 is 0 Å². The Kier molecular flexibility index (Phi) is 4.52. The van der Waals surface area contributed by atoms with Crippen molar-refractivity contribution in [1.29, 1.82) is 0 Å². The second kappa shape index (κ2) is 6.75. The maximum absolute atomic E-state index is 9.40. The molecule has 0 amide bonds. The number of pyridine rings is 1. The monoisotopic (exact) mass is 311 g/mol. The van der Waals surface area contributed by atoms with Gasteiger partial charge >= 0.3 is 0 Å². The lowest BCUT2D eigenvalue weighted by Gasteiger charge is -2.32. The summed E-state index contributed by atoms with van der Waals surface area (Å²) in [5, 5.41) is 17.9. The van der Waals surface area contributed by atoms with Gasteiger partial charge in [-0.15, -0.1) is 10.2 Å². The first-order chi connectivity index (χ1) is 11.1. The predicted molar refractivity (Wildman–Crippen MR) is 90.2 cm³/mol. The van der Waals surface area contributed by atoms with Gasteiger partial charge in [-0.05, 0) is 44.6 Å². The number of phenols is 1. The van der Waals surface area contributed by atoms with Gasteiger partial charge in [-0.25, -0.2) is 4.98 Å². The second-order valence-corrected chi connectivity index (χ2v) is 5.85. The lowest BCUT2D eigenvalue weighted by Crippen LogP contribution is -2.29. The molecule has 2 heterocycles. The van der Waals surface area contributed by atoms with Crippen molar-refractivity contribution >= 4 is 17.2 Å². The molecule has 2 aromatic rings. The lowest BCUT2D eigenvalue weighted by atomic mass is 9.96. The molecule has 0 bridgehead atoms. The molecular weight excluding hydrogens is 290 g/mol. The number of azo groups is 1. The number of benzene rings is 1. The lowest BCUT2D eigenvalue weighted by molar-refractivity contribution is 0.187. The number of aromatic nitrogens is 1. The highest BCUT2D eigenvalue weighted by molar-refractivity contribution is 5.64. The third-order valence-corrected chi connectivity index (χ3v) is 4.21. The van der Waals surface area contributed by atoms with Crippen molar-refractivity contribution < 1.29 is 5.11 Å². The number of likely N-dealkylation sites (tertiary alicyclic amines) is 1. The third kappa shape index (κ3) is 3.48. The van der Waals surface area contributed by atoms with Crippen LogP contribution in [0.1, 0.15) is 30.9 Å². The third-order valence-electron chi connectivity index (χ3n) is 4.21. The number of anilines is 1. The molecule has 1 atom stereocenters. The quantitative estimate of drug-likeness (QED) is 0.664. The van der Waals surface area contributed by atoms with Crippen LogP contribution in [0.4, 0.5) is 17.2 Å². The Hall–Kier alpha value is -2.47. The Labute approximate surface area is 135 Å². The molecule has 1 unspecified atom stereocenters. The normalized spacial score (nSPS) is 19.3. The van der Waals surface area contributed by atoms with E-state index in [9.17, 15) is 5.11 Å². The van der Waals surface area contributed by atoms with Crippen LogP contribution in [0.25, 0.3) is 0 Å². The van der Waals surface area contributed by atoms with Crippen molar-refractivity contribution in [2.45, 2.75) is 25.3 Å². The van der Waals surface area contributed by atoms with Gasteiger partial charge in [-0.3, -0.25) is 4.90 Å². The molecule has 3 N–H and O–H groups in total. The summed E-state index contributed by atoms with van der Waals surface area (Å²) >= 11 is 0. The molecule has 1 aliphatic rings. The van der Waals surface area contributed by atoms with Crippen LogP contribution in [-0.2, 0) is 0 Å². The molecule has 1 fully saturated rings. The summed E-state index contributed by atoms with van der Waals surface area (Å²) in [6.07, 6.45) is 5.27. The van der Waals surface area contributed by atoms with Gasteiger partial charge in [0.1, 0.15) is 11.4 Å². The van der Waals surface area contributed by atoms with E-state index in [1.807, 2.05) is 6.07 Å². The number of nitrogen functional groups attached to an aromatic ring is 1. The van der Waals surface area contributed by atoms with Gasteiger partial charge in [0.2, 0.25) is 0 Å². The van der Waals surface area contributed by atoms with Crippen molar-refractivity contribution in [3.63, 3.8) is 0 Å². The molecule has 1 aromatic carbocycles. The van der Waals surface area contributed by atoms with Crippen molar-refractivity contribution in [2.75, 3.05) is 19.3 Å². The topological polar surface area (TPSA) is 87.1 Å². The molecule has 3 rings (SSSR count). The van der Waals surface area contributed by atoms with Crippen LogP contribution in [-0.4, -0.2) is 28.6 Å². The van der Waals surface area contributed by atoms with E-state index in [1.165, 1.54) is 18.9 Å². The van der Waals surface area contributed by atoms with Gasteiger partial charge in [-0.1, -0.05) is 12.5 Å². The SMILES string of the molecule is CN1CCCCC1c1cccnc1/N=N/c1ccc(O)cc1N. The van der Waals surface area contributed by atoms with Crippen LogP contribution >= 0.6 is 0 Å². The van der Waals surface area contributed by atoms with E-state index in [4.69, 9.17) is 5.73 Å². The minimum atomic E-state index is 0.115. The zero-order valence-electron chi connectivity index (χ0n) is 13.2. The number of nitrogens with zero attached hydrogens (tertiary/aromatic N) is 4. The largest absolute Gasteiger partial charge is 0.508 e. The van der Waals surface area contributed by atoms with Crippen molar-refractivity contribution in [3.05, 3.63) is 42.1 Å². The summed E-state index contributed by atoms with van der Waals surface area (Å²) in [5.74, 6) is 0.738. The number of piperidine rings is 1. The first-order valence-electron chi connectivity index (χ1n) is 7.80. The van der Waals surface area contributed by atoms with Gasteiger partial charge in [0.25, 0.3) is 0 Å². The second-order valence-electron chi connectivity index (χ2n) is 5.85. The van der Waals surface area contributed by atoms with Crippen LogP contribution in [0.3, 0.4) is 0 Å². The van der Waals surface area contributed by atoms with Crippen molar-refractivity contribution in [3.8, 4) is 5.75 Å². The number of nitrogens with two attached hydrogens (primary N) is 1. The zero-order valence-corrected chi connectivity index (χ0v) is 13.2. The Morgan fingerprint density at radius 1 is 1.26 bits per heavy atom. The van der Waals surface area contributed by atoms with Gasteiger partial charge in [0, 0.05) is 23.9 Å². The molecule has 0 aliphatic carbocycles. The fraction of sp³-hybridized carbons (Fsp3) is 0.353. The number of rotatable bonds is 3. The summed E-state index contributed by atoms with van der Waals surface area (Å²) in [6.45, 7) is 1.08. The summed E-state index contributed by atoms with van der Waals surface area (Å²) in [5.41, 5.74) is 7.85. The molecular formula is C17H21N5O. The van der Waals surface area contributed by atoms with Crippen LogP contribution in [0, 0.1) is 0 Å². The number of aromatic hydroxyl groups is 1. The van der Waals surface area contributed by atoms with Crippen LogP contribution < -0.4 is 5.73 Å². The first kappa shape index (κ1) is 15.4. The molecule has 1 saturated heterocycles. The molecule has 23 heavy (non-hydrogen) atoms. The average Bonchev–Trinajstić information content (AvgIpc) is 2.55. The van der Waals surface area contributed by atoms with E-state index in [-0.39, 0.29) is 5.75 Å². The fourth-order valence-electron chi connectivity index (χ4n) is 2.96. The summed E-state index contributed by atoms with van der Waals surface area (Å²) < 4.78 is 0. The number of hydrogen-bond acceptors (Lipinski definition) is 6. The predicted octanol–water partition coefficient (Wildman–Crippen LogP) is 3.94. The van der Waals surface area contributed by atoms with Crippen LogP contribution in [0.15, 0.2) is 46.8 Å². The Morgan fingerprint density at radius 2 is 2.13 bits per heavy atom. The standard InChI is InChI=1S/C17H21N5O/c1-22-10-3-2-6-16(22)13-5-4-9-19-17(13)21-20-15-8-7-12(23)11-14(15)18/h4-5,7-9,11,16,23H,2-3,6,10,18H2,1H3/b21-20+. The van der Waals surface area contributed by atoms with Crippen LogP contribution in [0.2, 0.25) is 0 Å². The van der Waals surface area contributed by atoms with Crippen LogP contribution in [0.5, 0.6) is 5.75 Å². The average molecular weight is 311 g/mol.